The van der Waals surface area contributed by atoms with Gasteiger partial charge in [-0.2, -0.15) is 0 Å². The lowest BCUT2D eigenvalue weighted by Crippen LogP contribution is -2.58. The fourth-order valence-corrected chi connectivity index (χ4v) is 7.31. The van der Waals surface area contributed by atoms with E-state index in [1.165, 1.54) is 21.7 Å². The van der Waals surface area contributed by atoms with Crippen molar-refractivity contribution in [1.82, 2.24) is 5.16 Å². The SMILES string of the molecule is Cc1onc(-c2ccccc2)c1N1c2ccccc2[Si](C)(C)c2ccccc21. The molecule has 0 unspecified atom stereocenters. The quantitative estimate of drug-likeness (QED) is 0.443. The molecular formula is C24H22N2OSi. The number of aromatic nitrogens is 1. The van der Waals surface area contributed by atoms with E-state index in [0.717, 1.165) is 22.7 Å². The molecule has 28 heavy (non-hydrogen) atoms. The number of nitrogens with zero attached hydrogens (tertiary/aromatic N) is 2. The second kappa shape index (κ2) is 6.21. The first-order chi connectivity index (χ1) is 13.6. The van der Waals surface area contributed by atoms with Crippen molar-refractivity contribution in [2.24, 2.45) is 0 Å². The van der Waals surface area contributed by atoms with Gasteiger partial charge in [-0.25, -0.2) is 0 Å². The Hall–Kier alpha value is -3.11. The average Bonchev–Trinajstić information content (AvgIpc) is 3.10. The highest BCUT2D eigenvalue weighted by Gasteiger charge is 2.39. The molecule has 5 rings (SSSR count). The van der Waals surface area contributed by atoms with Gasteiger partial charge in [-0.3, -0.25) is 0 Å². The molecule has 0 N–H and O–H groups in total. The van der Waals surface area contributed by atoms with E-state index in [1.807, 2.05) is 25.1 Å². The molecule has 4 aromatic rings. The maximum atomic E-state index is 5.70. The third-order valence-corrected chi connectivity index (χ3v) is 9.28. The Labute approximate surface area is 166 Å². The summed E-state index contributed by atoms with van der Waals surface area (Å²) in [5.74, 6) is 0.824. The summed E-state index contributed by atoms with van der Waals surface area (Å²) in [5, 5.41) is 7.31. The van der Waals surface area contributed by atoms with Crippen LogP contribution in [0.5, 0.6) is 0 Å². The van der Waals surface area contributed by atoms with Gasteiger partial charge < -0.3 is 9.42 Å². The Morgan fingerprint density at radius 3 is 1.89 bits per heavy atom. The van der Waals surface area contributed by atoms with Crippen LogP contribution in [-0.4, -0.2) is 13.2 Å². The molecule has 1 aromatic heterocycles. The first kappa shape index (κ1) is 17.0. The summed E-state index contributed by atoms with van der Waals surface area (Å²) < 4.78 is 5.70. The smallest absolute Gasteiger partial charge is 0.158 e. The molecule has 3 nitrogen and oxygen atoms in total. The highest BCUT2D eigenvalue weighted by atomic mass is 28.3. The van der Waals surface area contributed by atoms with Crippen molar-refractivity contribution in [2.75, 3.05) is 4.90 Å². The first-order valence-electron chi connectivity index (χ1n) is 9.60. The van der Waals surface area contributed by atoms with E-state index in [9.17, 15) is 0 Å². The molecule has 0 saturated carbocycles. The van der Waals surface area contributed by atoms with E-state index >= 15 is 0 Å². The fraction of sp³-hybridized carbons (Fsp3) is 0.125. The van der Waals surface area contributed by atoms with E-state index in [0.29, 0.717) is 0 Å². The minimum Gasteiger partial charge on any atom is -0.359 e. The molecule has 3 aromatic carbocycles. The van der Waals surface area contributed by atoms with Crippen molar-refractivity contribution >= 4 is 35.5 Å². The molecule has 1 aliphatic rings. The monoisotopic (exact) mass is 382 g/mol. The van der Waals surface area contributed by atoms with Gasteiger partial charge in [0.15, 0.2) is 5.76 Å². The van der Waals surface area contributed by atoms with Crippen molar-refractivity contribution < 1.29 is 4.52 Å². The predicted octanol–water partition coefficient (Wildman–Crippen LogP) is 5.26. The van der Waals surface area contributed by atoms with Crippen LogP contribution >= 0.6 is 0 Å². The molecule has 0 atom stereocenters. The van der Waals surface area contributed by atoms with Crippen molar-refractivity contribution in [2.45, 2.75) is 20.0 Å². The summed E-state index contributed by atoms with van der Waals surface area (Å²) in [6, 6.07) is 27.8. The number of fused-ring (bicyclic) bond motifs is 2. The maximum absolute atomic E-state index is 5.70. The molecule has 0 aliphatic carbocycles. The second-order valence-corrected chi connectivity index (χ2v) is 12.1. The molecular weight excluding hydrogens is 360 g/mol. The average molecular weight is 383 g/mol. The van der Waals surface area contributed by atoms with Gasteiger partial charge in [-0.05, 0) is 29.4 Å². The summed E-state index contributed by atoms with van der Waals surface area (Å²) in [6.07, 6.45) is 0. The molecule has 0 radical (unpaired) electrons. The summed E-state index contributed by atoms with van der Waals surface area (Å²) in [7, 11) is -1.79. The van der Waals surface area contributed by atoms with Crippen LogP contribution in [0.1, 0.15) is 5.76 Å². The van der Waals surface area contributed by atoms with Gasteiger partial charge in [0, 0.05) is 16.9 Å². The summed E-state index contributed by atoms with van der Waals surface area (Å²) in [6.45, 7) is 6.86. The Morgan fingerprint density at radius 1 is 0.750 bits per heavy atom. The van der Waals surface area contributed by atoms with Gasteiger partial charge in [0.05, 0.1) is 0 Å². The third-order valence-electron chi connectivity index (χ3n) is 5.74. The van der Waals surface area contributed by atoms with E-state index in [-0.39, 0.29) is 0 Å². The van der Waals surface area contributed by atoms with Crippen LogP contribution in [0, 0.1) is 6.92 Å². The molecule has 0 amide bonds. The van der Waals surface area contributed by atoms with Crippen LogP contribution in [0.15, 0.2) is 83.4 Å². The molecule has 0 spiro atoms. The fourth-order valence-electron chi connectivity index (χ4n) is 4.33. The third kappa shape index (κ3) is 2.38. The lowest BCUT2D eigenvalue weighted by Gasteiger charge is -2.40. The van der Waals surface area contributed by atoms with Gasteiger partial charge in [-0.1, -0.05) is 85.0 Å². The Bertz CT molecular complexity index is 1110. The zero-order chi connectivity index (χ0) is 19.3. The van der Waals surface area contributed by atoms with E-state index < -0.39 is 8.07 Å². The van der Waals surface area contributed by atoms with Crippen molar-refractivity contribution in [3.8, 4) is 11.3 Å². The van der Waals surface area contributed by atoms with Gasteiger partial charge in [0.25, 0.3) is 0 Å². The van der Waals surface area contributed by atoms with Gasteiger partial charge in [0.2, 0.25) is 0 Å². The molecule has 138 valence electrons. The number of hydrogen-bond donors (Lipinski definition) is 0. The van der Waals surface area contributed by atoms with E-state index in [1.54, 1.807) is 0 Å². The van der Waals surface area contributed by atoms with Crippen molar-refractivity contribution in [3.63, 3.8) is 0 Å². The van der Waals surface area contributed by atoms with E-state index in [2.05, 4.69) is 83.8 Å². The molecule has 2 heterocycles. The topological polar surface area (TPSA) is 29.3 Å². The highest BCUT2D eigenvalue weighted by molar-refractivity contribution is 7.02. The van der Waals surface area contributed by atoms with Crippen molar-refractivity contribution in [1.29, 1.82) is 0 Å². The molecule has 1 aliphatic heterocycles. The summed E-state index contributed by atoms with van der Waals surface area (Å²) in [4.78, 5) is 2.34. The standard InChI is InChI=1S/C24H22N2OSi/c1-17-24(23(25-27-17)18-11-5-4-6-12-18)26-19-13-7-9-15-21(19)28(2,3)22-16-10-8-14-20(22)26/h4-16H,1-3H3. The lowest BCUT2D eigenvalue weighted by molar-refractivity contribution is 0.400. The minimum atomic E-state index is -1.79. The Balaban J connectivity index is 1.83. The van der Waals surface area contributed by atoms with Crippen LogP contribution in [0.4, 0.5) is 17.1 Å². The Morgan fingerprint density at radius 2 is 1.29 bits per heavy atom. The zero-order valence-electron chi connectivity index (χ0n) is 16.3. The normalized spacial score (nSPS) is 14.5. The van der Waals surface area contributed by atoms with Gasteiger partial charge in [0.1, 0.15) is 19.5 Å². The number of benzene rings is 3. The Kier molecular flexibility index (Phi) is 3.77. The number of aryl methyl sites for hydroxylation is 1. The molecule has 0 fully saturated rings. The van der Waals surface area contributed by atoms with E-state index in [4.69, 9.17) is 4.52 Å². The van der Waals surface area contributed by atoms with Crippen LogP contribution < -0.4 is 15.3 Å². The molecule has 0 saturated heterocycles. The second-order valence-electron chi connectivity index (χ2n) is 7.80. The number of hydrogen-bond acceptors (Lipinski definition) is 3. The zero-order valence-corrected chi connectivity index (χ0v) is 17.3. The predicted molar refractivity (Wildman–Crippen MR) is 118 cm³/mol. The van der Waals surface area contributed by atoms with Crippen LogP contribution in [0.25, 0.3) is 11.3 Å². The maximum Gasteiger partial charge on any atom is 0.158 e. The van der Waals surface area contributed by atoms with Crippen LogP contribution in [0.2, 0.25) is 13.1 Å². The van der Waals surface area contributed by atoms with Crippen LogP contribution in [0.3, 0.4) is 0 Å². The lowest BCUT2D eigenvalue weighted by atomic mass is 10.1. The summed E-state index contributed by atoms with van der Waals surface area (Å²) in [5.41, 5.74) is 5.44. The molecule has 0 bridgehead atoms. The molecule has 4 heteroatoms. The number of anilines is 3. The van der Waals surface area contributed by atoms with Crippen LogP contribution in [-0.2, 0) is 0 Å². The van der Waals surface area contributed by atoms with Crippen molar-refractivity contribution in [3.05, 3.63) is 84.6 Å². The van der Waals surface area contributed by atoms with Gasteiger partial charge >= 0.3 is 0 Å². The minimum absolute atomic E-state index is 0.824. The first-order valence-corrected chi connectivity index (χ1v) is 12.6. The largest absolute Gasteiger partial charge is 0.359 e. The number of rotatable bonds is 2. The summed E-state index contributed by atoms with van der Waals surface area (Å²) >= 11 is 0. The number of para-hydroxylation sites is 2. The van der Waals surface area contributed by atoms with Gasteiger partial charge in [-0.15, -0.1) is 0 Å². The highest BCUT2D eigenvalue weighted by Crippen LogP contribution is 2.44.